The molecule has 1 rings (SSSR count). The van der Waals surface area contributed by atoms with Crippen LogP contribution < -0.4 is 5.32 Å². The van der Waals surface area contributed by atoms with Crippen LogP contribution in [0.1, 0.15) is 44.7 Å². The zero-order valence-electron chi connectivity index (χ0n) is 15.4. The van der Waals surface area contributed by atoms with Gasteiger partial charge in [0, 0.05) is 26.2 Å². The molecule has 0 saturated carbocycles. The van der Waals surface area contributed by atoms with Crippen LogP contribution in [0.5, 0.6) is 0 Å². The van der Waals surface area contributed by atoms with Gasteiger partial charge < -0.3 is 15.1 Å². The van der Waals surface area contributed by atoms with Crippen LogP contribution >= 0.6 is 0 Å². The molecule has 0 unspecified atom stereocenters. The number of benzene rings is 1. The maximum atomic E-state index is 12.1. The van der Waals surface area contributed by atoms with Gasteiger partial charge >= 0.3 is 6.03 Å². The van der Waals surface area contributed by atoms with Crippen molar-refractivity contribution in [2.75, 3.05) is 27.2 Å². The number of rotatable bonds is 9. The van der Waals surface area contributed by atoms with Crippen molar-refractivity contribution in [1.29, 1.82) is 0 Å². The molecular weight excluding hydrogens is 286 g/mol. The third kappa shape index (κ3) is 7.51. The Morgan fingerprint density at radius 1 is 1.09 bits per heavy atom. The van der Waals surface area contributed by atoms with Crippen LogP contribution in [0.25, 0.3) is 0 Å². The smallest absolute Gasteiger partial charge is 0.317 e. The third-order valence-corrected chi connectivity index (χ3v) is 4.29. The minimum Gasteiger partial charge on any atom is -0.338 e. The summed E-state index contributed by atoms with van der Waals surface area (Å²) in [5.41, 5.74) is 2.49. The molecule has 0 spiro atoms. The summed E-state index contributed by atoms with van der Waals surface area (Å²) < 4.78 is 0. The van der Waals surface area contributed by atoms with E-state index in [0.717, 1.165) is 32.4 Å². The highest BCUT2D eigenvalue weighted by Gasteiger charge is 2.08. The minimum absolute atomic E-state index is 0.00165. The van der Waals surface area contributed by atoms with Crippen LogP contribution in [0.3, 0.4) is 0 Å². The number of amides is 2. The van der Waals surface area contributed by atoms with Gasteiger partial charge in [-0.05, 0) is 57.8 Å². The molecule has 1 aromatic carbocycles. The largest absolute Gasteiger partial charge is 0.338 e. The monoisotopic (exact) mass is 319 g/mol. The summed E-state index contributed by atoms with van der Waals surface area (Å²) in [7, 11) is 3.98. The summed E-state index contributed by atoms with van der Waals surface area (Å²) in [6.45, 7) is 9.00. The summed E-state index contributed by atoms with van der Waals surface area (Å²) in [5.74, 6) is 0. The molecule has 0 aliphatic carbocycles. The number of aryl methyl sites for hydroxylation is 1. The zero-order chi connectivity index (χ0) is 17.2. The Labute approximate surface area is 141 Å². The van der Waals surface area contributed by atoms with Gasteiger partial charge in [-0.3, -0.25) is 0 Å². The molecule has 0 fully saturated rings. The van der Waals surface area contributed by atoms with E-state index in [-0.39, 0.29) is 6.03 Å². The maximum absolute atomic E-state index is 12.1. The van der Waals surface area contributed by atoms with Crippen molar-refractivity contribution in [3.05, 3.63) is 35.4 Å². The lowest BCUT2D eigenvalue weighted by atomic mass is 10.1. The van der Waals surface area contributed by atoms with E-state index in [1.54, 1.807) is 4.90 Å². The molecule has 0 aromatic heterocycles. The predicted octanol–water partition coefficient (Wildman–Crippen LogP) is 3.51. The lowest BCUT2D eigenvalue weighted by Gasteiger charge is -2.21. The van der Waals surface area contributed by atoms with Crippen LogP contribution in [0.15, 0.2) is 24.3 Å². The number of unbranched alkanes of at least 4 members (excludes halogenated alkanes) is 1. The predicted molar refractivity (Wildman–Crippen MR) is 97.7 cm³/mol. The lowest BCUT2D eigenvalue weighted by Crippen LogP contribution is -2.37. The maximum Gasteiger partial charge on any atom is 0.317 e. The first kappa shape index (κ1) is 19.5. The average Bonchev–Trinajstić information content (AvgIpc) is 2.54. The summed E-state index contributed by atoms with van der Waals surface area (Å²) in [4.78, 5) is 16.1. The van der Waals surface area contributed by atoms with Gasteiger partial charge in [-0.25, -0.2) is 4.79 Å². The second-order valence-corrected chi connectivity index (χ2v) is 6.54. The van der Waals surface area contributed by atoms with E-state index in [9.17, 15) is 4.79 Å². The van der Waals surface area contributed by atoms with Gasteiger partial charge in [0.25, 0.3) is 0 Å². The molecule has 4 heteroatoms. The van der Waals surface area contributed by atoms with Gasteiger partial charge in [0.05, 0.1) is 0 Å². The fraction of sp³-hybridized carbons (Fsp3) is 0.632. The van der Waals surface area contributed by atoms with Crippen LogP contribution in [0, 0.1) is 0 Å². The van der Waals surface area contributed by atoms with Crippen LogP contribution in [0.2, 0.25) is 0 Å². The van der Waals surface area contributed by atoms with Crippen molar-refractivity contribution >= 4 is 6.03 Å². The highest BCUT2D eigenvalue weighted by molar-refractivity contribution is 5.73. The van der Waals surface area contributed by atoms with Gasteiger partial charge in [-0.1, -0.05) is 31.2 Å². The molecule has 0 aliphatic heterocycles. The van der Waals surface area contributed by atoms with E-state index >= 15 is 0 Å². The molecule has 0 saturated heterocycles. The van der Waals surface area contributed by atoms with Crippen LogP contribution in [-0.4, -0.2) is 49.1 Å². The Hall–Kier alpha value is -1.55. The van der Waals surface area contributed by atoms with E-state index in [2.05, 4.69) is 62.3 Å². The molecule has 1 N–H and O–H groups in total. The van der Waals surface area contributed by atoms with E-state index < -0.39 is 0 Å². The zero-order valence-corrected chi connectivity index (χ0v) is 15.4. The first-order valence-electron chi connectivity index (χ1n) is 8.71. The second-order valence-electron chi connectivity index (χ2n) is 6.54. The molecule has 130 valence electrons. The number of carbonyl (C=O) groups excluding carboxylic acids is 1. The normalized spacial score (nSPS) is 11.1. The fourth-order valence-corrected chi connectivity index (χ4v) is 2.30. The number of nitrogens with one attached hydrogen (secondary N) is 1. The van der Waals surface area contributed by atoms with Gasteiger partial charge in [-0.15, -0.1) is 0 Å². The SMILES string of the molecule is CCc1ccc(CN(C)C(=O)NCCCCN(C)C(C)C)cc1. The molecule has 4 nitrogen and oxygen atoms in total. The highest BCUT2D eigenvalue weighted by Crippen LogP contribution is 2.07. The second kappa shape index (κ2) is 10.3. The molecule has 0 aliphatic rings. The topological polar surface area (TPSA) is 35.6 Å². The van der Waals surface area contributed by atoms with Crippen molar-refractivity contribution in [1.82, 2.24) is 15.1 Å². The van der Waals surface area contributed by atoms with E-state index in [4.69, 9.17) is 0 Å². The highest BCUT2D eigenvalue weighted by atomic mass is 16.2. The Morgan fingerprint density at radius 2 is 1.70 bits per heavy atom. The van der Waals surface area contributed by atoms with Crippen LogP contribution in [0.4, 0.5) is 4.79 Å². The van der Waals surface area contributed by atoms with Crippen molar-refractivity contribution in [2.24, 2.45) is 0 Å². The van der Waals surface area contributed by atoms with E-state index in [1.807, 2.05) is 7.05 Å². The van der Waals surface area contributed by atoms with Gasteiger partial charge in [-0.2, -0.15) is 0 Å². The fourth-order valence-electron chi connectivity index (χ4n) is 2.30. The summed E-state index contributed by atoms with van der Waals surface area (Å²) in [6, 6.07) is 9.05. The van der Waals surface area contributed by atoms with Crippen molar-refractivity contribution in [2.45, 2.75) is 52.6 Å². The van der Waals surface area contributed by atoms with Crippen LogP contribution in [-0.2, 0) is 13.0 Å². The Kier molecular flexibility index (Phi) is 8.70. The average molecular weight is 319 g/mol. The summed E-state index contributed by atoms with van der Waals surface area (Å²) >= 11 is 0. The molecule has 23 heavy (non-hydrogen) atoms. The van der Waals surface area contributed by atoms with Crippen molar-refractivity contribution < 1.29 is 4.79 Å². The summed E-state index contributed by atoms with van der Waals surface area (Å²) in [5, 5.41) is 3.00. The van der Waals surface area contributed by atoms with Gasteiger partial charge in [0.15, 0.2) is 0 Å². The minimum atomic E-state index is 0.00165. The lowest BCUT2D eigenvalue weighted by molar-refractivity contribution is 0.206. The van der Waals surface area contributed by atoms with Crippen molar-refractivity contribution in [3.8, 4) is 0 Å². The van der Waals surface area contributed by atoms with E-state index in [1.165, 1.54) is 11.1 Å². The summed E-state index contributed by atoms with van der Waals surface area (Å²) in [6.07, 6.45) is 3.17. The first-order chi connectivity index (χ1) is 10.9. The number of carbonyl (C=O) groups is 1. The third-order valence-electron chi connectivity index (χ3n) is 4.29. The number of urea groups is 1. The Morgan fingerprint density at radius 3 is 2.26 bits per heavy atom. The van der Waals surface area contributed by atoms with Gasteiger partial charge in [0.2, 0.25) is 0 Å². The first-order valence-corrected chi connectivity index (χ1v) is 8.71. The Bertz CT molecular complexity index is 456. The molecule has 0 atom stereocenters. The molecule has 2 amide bonds. The molecule has 0 heterocycles. The molecular formula is C19H33N3O. The Balaban J connectivity index is 2.23. The van der Waals surface area contributed by atoms with Crippen molar-refractivity contribution in [3.63, 3.8) is 0 Å². The molecule has 0 bridgehead atoms. The number of nitrogens with zero attached hydrogens (tertiary/aromatic N) is 2. The van der Waals surface area contributed by atoms with Gasteiger partial charge in [0.1, 0.15) is 0 Å². The number of hydrogen-bond acceptors (Lipinski definition) is 2. The van der Waals surface area contributed by atoms with E-state index in [0.29, 0.717) is 12.6 Å². The number of hydrogen-bond donors (Lipinski definition) is 1. The standard InChI is InChI=1S/C19H33N3O/c1-6-17-9-11-18(12-10-17)15-22(5)19(23)20-13-7-8-14-21(4)16(2)3/h9-12,16H,6-8,13-15H2,1-5H3,(H,20,23). The molecule has 0 radical (unpaired) electrons. The quantitative estimate of drug-likeness (QED) is 0.707. The molecule has 1 aromatic rings.